The van der Waals surface area contributed by atoms with Crippen molar-refractivity contribution in [2.75, 3.05) is 7.11 Å². The molecule has 0 bridgehead atoms. The molecule has 0 aliphatic carbocycles. The lowest BCUT2D eigenvalue weighted by Crippen LogP contribution is -2.02. The number of hydrogen-bond acceptors (Lipinski definition) is 3. The molecule has 1 N–H and O–H groups in total. The van der Waals surface area contributed by atoms with Crippen LogP contribution in [-0.4, -0.2) is 12.2 Å². The topological polar surface area (TPSA) is 53.2 Å². The van der Waals surface area contributed by atoms with E-state index in [1.165, 1.54) is 0 Å². The Morgan fingerprint density at radius 3 is 2.63 bits per heavy atom. The molecule has 0 fully saturated rings. The molecule has 1 unspecified atom stereocenters. The summed E-state index contributed by atoms with van der Waals surface area (Å²) in [5.41, 5.74) is 3.03. The standard InChI is InChI=1S/C16H15NO2/c1-11-8-14(19-2)6-7-15(11)16(18)13-5-3-4-12(9-13)10-17/h3-9,16,18H,1-2H3. The number of ether oxygens (including phenoxy) is 1. The lowest BCUT2D eigenvalue weighted by molar-refractivity contribution is 0.219. The summed E-state index contributed by atoms with van der Waals surface area (Å²) >= 11 is 0. The second kappa shape index (κ2) is 5.55. The molecule has 0 amide bonds. The first-order valence-electron chi connectivity index (χ1n) is 5.98. The molecule has 1 atom stereocenters. The van der Waals surface area contributed by atoms with Gasteiger partial charge in [-0.05, 0) is 47.9 Å². The average molecular weight is 253 g/mol. The van der Waals surface area contributed by atoms with Crippen molar-refractivity contribution in [3.8, 4) is 11.8 Å². The van der Waals surface area contributed by atoms with E-state index in [1.807, 2.05) is 31.2 Å². The lowest BCUT2D eigenvalue weighted by Gasteiger charge is -2.15. The summed E-state index contributed by atoms with van der Waals surface area (Å²) in [6.45, 7) is 1.93. The smallest absolute Gasteiger partial charge is 0.119 e. The largest absolute Gasteiger partial charge is 0.497 e. The molecule has 3 heteroatoms. The highest BCUT2D eigenvalue weighted by molar-refractivity contribution is 5.42. The van der Waals surface area contributed by atoms with Crippen LogP contribution in [-0.2, 0) is 0 Å². The second-order valence-electron chi connectivity index (χ2n) is 4.36. The van der Waals surface area contributed by atoms with Crippen LogP contribution in [0.15, 0.2) is 42.5 Å². The predicted molar refractivity (Wildman–Crippen MR) is 72.9 cm³/mol. The van der Waals surface area contributed by atoms with Crippen molar-refractivity contribution in [1.82, 2.24) is 0 Å². The number of aliphatic hydroxyl groups excluding tert-OH is 1. The Morgan fingerprint density at radius 2 is 2.00 bits per heavy atom. The zero-order valence-corrected chi connectivity index (χ0v) is 10.9. The van der Waals surface area contributed by atoms with Crippen molar-refractivity contribution in [1.29, 1.82) is 5.26 Å². The predicted octanol–water partition coefficient (Wildman–Crippen LogP) is 2.96. The number of aryl methyl sites for hydroxylation is 1. The van der Waals surface area contributed by atoms with Crippen LogP contribution in [0.3, 0.4) is 0 Å². The number of benzene rings is 2. The summed E-state index contributed by atoms with van der Waals surface area (Å²) in [7, 11) is 1.61. The van der Waals surface area contributed by atoms with Crippen LogP contribution in [0.4, 0.5) is 0 Å². The van der Waals surface area contributed by atoms with Gasteiger partial charge in [-0.15, -0.1) is 0 Å². The van der Waals surface area contributed by atoms with Gasteiger partial charge in [0.1, 0.15) is 11.9 Å². The summed E-state index contributed by atoms with van der Waals surface area (Å²) in [4.78, 5) is 0. The van der Waals surface area contributed by atoms with Gasteiger partial charge in [-0.1, -0.05) is 18.2 Å². The minimum atomic E-state index is -0.737. The molecule has 2 rings (SSSR count). The van der Waals surface area contributed by atoms with E-state index in [0.717, 1.165) is 16.9 Å². The maximum Gasteiger partial charge on any atom is 0.119 e. The van der Waals surface area contributed by atoms with Crippen molar-refractivity contribution < 1.29 is 9.84 Å². The van der Waals surface area contributed by atoms with Crippen molar-refractivity contribution in [2.24, 2.45) is 0 Å². The van der Waals surface area contributed by atoms with E-state index in [-0.39, 0.29) is 0 Å². The Balaban J connectivity index is 2.38. The Morgan fingerprint density at radius 1 is 1.21 bits per heavy atom. The first kappa shape index (κ1) is 13.1. The molecule has 0 aliphatic heterocycles. The van der Waals surface area contributed by atoms with Gasteiger partial charge in [0.25, 0.3) is 0 Å². The van der Waals surface area contributed by atoms with Crippen LogP contribution in [0.5, 0.6) is 5.75 Å². The first-order valence-corrected chi connectivity index (χ1v) is 5.98. The fraction of sp³-hybridized carbons (Fsp3) is 0.188. The molecule has 0 aromatic heterocycles. The molecule has 2 aromatic carbocycles. The Bertz CT molecular complexity index is 629. The van der Waals surface area contributed by atoms with Gasteiger partial charge >= 0.3 is 0 Å². The number of methoxy groups -OCH3 is 1. The minimum absolute atomic E-state index is 0.544. The highest BCUT2D eigenvalue weighted by atomic mass is 16.5. The number of nitriles is 1. The van der Waals surface area contributed by atoms with E-state index in [1.54, 1.807) is 25.3 Å². The highest BCUT2D eigenvalue weighted by Crippen LogP contribution is 2.27. The molecule has 96 valence electrons. The maximum atomic E-state index is 10.4. The first-order chi connectivity index (χ1) is 9.15. The number of aliphatic hydroxyl groups is 1. The number of nitrogens with zero attached hydrogens (tertiary/aromatic N) is 1. The third-order valence-corrected chi connectivity index (χ3v) is 3.10. The summed E-state index contributed by atoms with van der Waals surface area (Å²) in [6, 6.07) is 14.6. The quantitative estimate of drug-likeness (QED) is 0.915. The van der Waals surface area contributed by atoms with Crippen LogP contribution in [0.25, 0.3) is 0 Å². The van der Waals surface area contributed by atoms with E-state index in [2.05, 4.69) is 6.07 Å². The van der Waals surface area contributed by atoms with Gasteiger partial charge in [0.15, 0.2) is 0 Å². The molecular weight excluding hydrogens is 238 g/mol. The molecule has 2 aromatic rings. The summed E-state index contributed by atoms with van der Waals surface area (Å²) < 4.78 is 5.15. The Kier molecular flexibility index (Phi) is 3.84. The fourth-order valence-electron chi connectivity index (χ4n) is 2.04. The zero-order chi connectivity index (χ0) is 13.8. The monoisotopic (exact) mass is 253 g/mol. The van der Waals surface area contributed by atoms with Gasteiger partial charge in [-0.2, -0.15) is 5.26 Å². The summed E-state index contributed by atoms with van der Waals surface area (Å²) in [6.07, 6.45) is -0.737. The van der Waals surface area contributed by atoms with Crippen molar-refractivity contribution in [3.05, 3.63) is 64.7 Å². The Labute approximate surface area is 112 Å². The summed E-state index contributed by atoms with van der Waals surface area (Å²) in [5, 5.41) is 19.3. The molecule has 0 saturated heterocycles. The molecular formula is C16H15NO2. The normalized spacial score (nSPS) is 11.7. The van der Waals surface area contributed by atoms with Crippen molar-refractivity contribution in [2.45, 2.75) is 13.0 Å². The van der Waals surface area contributed by atoms with Gasteiger partial charge in [-0.25, -0.2) is 0 Å². The number of rotatable bonds is 3. The second-order valence-corrected chi connectivity index (χ2v) is 4.36. The SMILES string of the molecule is COc1ccc(C(O)c2cccc(C#N)c2)c(C)c1. The van der Waals surface area contributed by atoms with Gasteiger partial charge < -0.3 is 9.84 Å². The molecule has 0 saturated carbocycles. The van der Waals surface area contributed by atoms with Gasteiger partial charge in [0.2, 0.25) is 0 Å². The van der Waals surface area contributed by atoms with Gasteiger partial charge in [0.05, 0.1) is 18.7 Å². The van der Waals surface area contributed by atoms with Crippen molar-refractivity contribution >= 4 is 0 Å². The molecule has 0 aliphatic rings. The van der Waals surface area contributed by atoms with Crippen LogP contribution < -0.4 is 4.74 Å². The molecule has 0 spiro atoms. The van der Waals surface area contributed by atoms with E-state index in [9.17, 15) is 5.11 Å². The molecule has 0 radical (unpaired) electrons. The van der Waals surface area contributed by atoms with E-state index >= 15 is 0 Å². The molecule has 19 heavy (non-hydrogen) atoms. The average Bonchev–Trinajstić information content (AvgIpc) is 2.46. The lowest BCUT2D eigenvalue weighted by atomic mass is 9.96. The molecule has 3 nitrogen and oxygen atoms in total. The summed E-state index contributed by atoms with van der Waals surface area (Å²) in [5.74, 6) is 0.763. The van der Waals surface area contributed by atoms with Gasteiger partial charge in [-0.3, -0.25) is 0 Å². The van der Waals surface area contributed by atoms with Crippen molar-refractivity contribution in [3.63, 3.8) is 0 Å². The Hall–Kier alpha value is -2.31. The van der Waals surface area contributed by atoms with Gasteiger partial charge in [0, 0.05) is 0 Å². The molecule has 0 heterocycles. The highest BCUT2D eigenvalue weighted by Gasteiger charge is 2.13. The van der Waals surface area contributed by atoms with E-state index in [0.29, 0.717) is 11.1 Å². The van der Waals surface area contributed by atoms with Crippen LogP contribution in [0.2, 0.25) is 0 Å². The van der Waals surface area contributed by atoms with E-state index in [4.69, 9.17) is 10.00 Å². The zero-order valence-electron chi connectivity index (χ0n) is 10.9. The number of hydrogen-bond donors (Lipinski definition) is 1. The van der Waals surface area contributed by atoms with Crippen LogP contribution in [0.1, 0.15) is 28.4 Å². The minimum Gasteiger partial charge on any atom is -0.497 e. The third kappa shape index (κ3) is 2.75. The van der Waals surface area contributed by atoms with Crippen LogP contribution >= 0.6 is 0 Å². The van der Waals surface area contributed by atoms with E-state index < -0.39 is 6.10 Å². The van der Waals surface area contributed by atoms with Crippen LogP contribution in [0, 0.1) is 18.3 Å². The third-order valence-electron chi connectivity index (χ3n) is 3.10. The fourth-order valence-corrected chi connectivity index (χ4v) is 2.04. The maximum absolute atomic E-state index is 10.4.